The first-order valence-electron chi connectivity index (χ1n) is 5.95. The summed E-state index contributed by atoms with van der Waals surface area (Å²) in [5.41, 5.74) is 6.39. The fourth-order valence-corrected chi connectivity index (χ4v) is 1.89. The van der Waals surface area contributed by atoms with Gasteiger partial charge in [-0.05, 0) is 24.6 Å². The van der Waals surface area contributed by atoms with E-state index in [1.807, 2.05) is 18.2 Å². The van der Waals surface area contributed by atoms with Crippen LogP contribution >= 0.6 is 28.1 Å². The van der Waals surface area contributed by atoms with Gasteiger partial charge in [-0.3, -0.25) is 0 Å². The average molecular weight is 332 g/mol. The maximum atomic E-state index is 5.64. The fraction of sp³-hybridized carbons (Fsp3) is 0.462. The van der Waals surface area contributed by atoms with E-state index in [0.29, 0.717) is 24.0 Å². The molecule has 2 N–H and O–H groups in total. The van der Waals surface area contributed by atoms with Crippen molar-refractivity contribution in [1.82, 2.24) is 0 Å². The van der Waals surface area contributed by atoms with E-state index in [-0.39, 0.29) is 0 Å². The van der Waals surface area contributed by atoms with Gasteiger partial charge in [0.05, 0.1) is 12.2 Å². The topological polar surface area (TPSA) is 44.5 Å². The Balaban J connectivity index is 2.45. The third-order valence-electron chi connectivity index (χ3n) is 2.34. The molecule has 3 nitrogen and oxygen atoms in total. The van der Waals surface area contributed by atoms with Crippen molar-refractivity contribution in [1.29, 1.82) is 0 Å². The number of benzene rings is 1. The Labute approximate surface area is 122 Å². The van der Waals surface area contributed by atoms with Crippen LogP contribution in [0.5, 0.6) is 5.75 Å². The number of halogens is 1. The van der Waals surface area contributed by atoms with Crippen molar-refractivity contribution in [2.24, 2.45) is 5.73 Å². The van der Waals surface area contributed by atoms with E-state index in [9.17, 15) is 0 Å². The molecule has 0 fully saturated rings. The van der Waals surface area contributed by atoms with Crippen molar-refractivity contribution in [2.45, 2.75) is 19.8 Å². The molecule has 0 aromatic heterocycles. The lowest BCUT2D eigenvalue weighted by molar-refractivity contribution is 0.0980. The van der Waals surface area contributed by atoms with Gasteiger partial charge in [-0.2, -0.15) is 0 Å². The highest BCUT2D eigenvalue weighted by Gasteiger charge is 2.07. The Kier molecular flexibility index (Phi) is 7.23. The lowest BCUT2D eigenvalue weighted by Crippen LogP contribution is -2.14. The number of unbranched alkanes of at least 4 members (excludes halogenated alkanes) is 1. The fourth-order valence-electron chi connectivity index (χ4n) is 1.38. The highest BCUT2D eigenvalue weighted by Crippen LogP contribution is 2.23. The Morgan fingerprint density at radius 1 is 1.33 bits per heavy atom. The third kappa shape index (κ3) is 5.33. The number of hydrogen-bond donors (Lipinski definition) is 1. The zero-order valence-corrected chi connectivity index (χ0v) is 12.9. The average Bonchev–Trinajstić information content (AvgIpc) is 2.33. The van der Waals surface area contributed by atoms with E-state index in [4.69, 9.17) is 27.4 Å². The maximum Gasteiger partial charge on any atom is 0.130 e. The highest BCUT2D eigenvalue weighted by atomic mass is 79.9. The first-order valence-corrected chi connectivity index (χ1v) is 7.15. The SMILES string of the molecule is CCCCOCCOc1cc(Br)ccc1C(N)=S. The van der Waals surface area contributed by atoms with Crippen LogP contribution in [-0.2, 0) is 4.74 Å². The van der Waals surface area contributed by atoms with E-state index < -0.39 is 0 Å². The summed E-state index contributed by atoms with van der Waals surface area (Å²) in [5.74, 6) is 0.691. The molecule has 0 atom stereocenters. The summed E-state index contributed by atoms with van der Waals surface area (Å²) in [7, 11) is 0. The summed E-state index contributed by atoms with van der Waals surface area (Å²) in [6.07, 6.45) is 2.22. The molecule has 0 radical (unpaired) electrons. The maximum absolute atomic E-state index is 5.64. The van der Waals surface area contributed by atoms with Gasteiger partial charge in [0.15, 0.2) is 0 Å². The van der Waals surface area contributed by atoms with Crippen LogP contribution in [0.2, 0.25) is 0 Å². The first kappa shape index (κ1) is 15.4. The Hall–Kier alpha value is -0.650. The smallest absolute Gasteiger partial charge is 0.130 e. The van der Waals surface area contributed by atoms with E-state index >= 15 is 0 Å². The van der Waals surface area contributed by atoms with Gasteiger partial charge in [0, 0.05) is 11.1 Å². The van der Waals surface area contributed by atoms with Crippen LogP contribution in [0, 0.1) is 0 Å². The van der Waals surface area contributed by atoms with Crippen molar-refractivity contribution >= 4 is 33.1 Å². The number of hydrogen-bond acceptors (Lipinski definition) is 3. The molecule has 0 bridgehead atoms. The summed E-state index contributed by atoms with van der Waals surface area (Å²) in [6, 6.07) is 5.60. The second-order valence-corrected chi connectivity index (χ2v) is 5.17. The van der Waals surface area contributed by atoms with Crippen LogP contribution in [0.25, 0.3) is 0 Å². The molecule has 18 heavy (non-hydrogen) atoms. The normalized spacial score (nSPS) is 10.3. The first-order chi connectivity index (χ1) is 8.65. The van der Waals surface area contributed by atoms with Gasteiger partial charge < -0.3 is 15.2 Å². The molecule has 100 valence electrons. The van der Waals surface area contributed by atoms with E-state index in [0.717, 1.165) is 29.5 Å². The van der Waals surface area contributed by atoms with Crippen LogP contribution < -0.4 is 10.5 Å². The largest absolute Gasteiger partial charge is 0.490 e. The van der Waals surface area contributed by atoms with E-state index in [1.54, 1.807) is 0 Å². The van der Waals surface area contributed by atoms with Crippen LogP contribution in [0.15, 0.2) is 22.7 Å². The number of rotatable bonds is 8. The molecular formula is C13H18BrNO2S. The summed E-state index contributed by atoms with van der Waals surface area (Å²) in [5, 5.41) is 0. The van der Waals surface area contributed by atoms with Crippen LogP contribution in [0.3, 0.4) is 0 Å². The minimum absolute atomic E-state index is 0.337. The summed E-state index contributed by atoms with van der Waals surface area (Å²) in [6.45, 7) is 3.98. The zero-order chi connectivity index (χ0) is 13.4. The number of nitrogens with two attached hydrogens (primary N) is 1. The standard InChI is InChI=1S/C13H18BrNO2S/c1-2-3-6-16-7-8-17-12-9-10(14)4-5-11(12)13(15)18/h4-5,9H,2-3,6-8H2,1H3,(H2,15,18). The minimum atomic E-state index is 0.337. The van der Waals surface area contributed by atoms with Gasteiger partial charge >= 0.3 is 0 Å². The molecule has 1 rings (SSSR count). The Morgan fingerprint density at radius 2 is 2.11 bits per heavy atom. The molecule has 0 aliphatic rings. The van der Waals surface area contributed by atoms with Crippen molar-refractivity contribution in [2.75, 3.05) is 19.8 Å². The Morgan fingerprint density at radius 3 is 2.78 bits per heavy atom. The minimum Gasteiger partial charge on any atom is -0.490 e. The van der Waals surface area contributed by atoms with Crippen molar-refractivity contribution in [3.8, 4) is 5.75 Å². The van der Waals surface area contributed by atoms with Crippen molar-refractivity contribution in [3.05, 3.63) is 28.2 Å². The predicted octanol–water partition coefficient (Wildman–Crippen LogP) is 3.28. The second-order valence-electron chi connectivity index (χ2n) is 3.82. The molecule has 0 heterocycles. The van der Waals surface area contributed by atoms with Crippen LogP contribution in [-0.4, -0.2) is 24.8 Å². The van der Waals surface area contributed by atoms with Crippen LogP contribution in [0.1, 0.15) is 25.3 Å². The van der Waals surface area contributed by atoms with Gasteiger partial charge in [0.25, 0.3) is 0 Å². The number of ether oxygens (including phenoxy) is 2. The molecule has 5 heteroatoms. The predicted molar refractivity (Wildman–Crippen MR) is 81.3 cm³/mol. The summed E-state index contributed by atoms with van der Waals surface area (Å²) < 4.78 is 12.0. The van der Waals surface area contributed by atoms with E-state index in [1.165, 1.54) is 0 Å². The lowest BCUT2D eigenvalue weighted by atomic mass is 10.2. The van der Waals surface area contributed by atoms with Crippen molar-refractivity contribution < 1.29 is 9.47 Å². The Bertz CT molecular complexity index is 399. The lowest BCUT2D eigenvalue weighted by Gasteiger charge is -2.11. The molecular weight excluding hydrogens is 314 g/mol. The molecule has 1 aromatic rings. The van der Waals surface area contributed by atoms with Crippen LogP contribution in [0.4, 0.5) is 0 Å². The molecule has 1 aromatic carbocycles. The summed E-state index contributed by atoms with van der Waals surface area (Å²) in [4.78, 5) is 0.337. The monoisotopic (exact) mass is 331 g/mol. The molecule has 0 aliphatic carbocycles. The van der Waals surface area contributed by atoms with Gasteiger partial charge in [-0.25, -0.2) is 0 Å². The molecule has 0 unspecified atom stereocenters. The van der Waals surface area contributed by atoms with Gasteiger partial charge in [-0.15, -0.1) is 0 Å². The molecule has 0 amide bonds. The van der Waals surface area contributed by atoms with Gasteiger partial charge in [0.2, 0.25) is 0 Å². The van der Waals surface area contributed by atoms with Crippen molar-refractivity contribution in [3.63, 3.8) is 0 Å². The highest BCUT2D eigenvalue weighted by molar-refractivity contribution is 9.10. The third-order valence-corrected chi connectivity index (χ3v) is 3.05. The van der Waals surface area contributed by atoms with E-state index in [2.05, 4.69) is 22.9 Å². The quantitative estimate of drug-likeness (QED) is 0.586. The summed E-state index contributed by atoms with van der Waals surface area (Å²) >= 11 is 8.37. The number of thiocarbonyl (C=S) groups is 1. The zero-order valence-electron chi connectivity index (χ0n) is 10.4. The molecule has 0 aliphatic heterocycles. The second kappa shape index (κ2) is 8.45. The van der Waals surface area contributed by atoms with Gasteiger partial charge in [-0.1, -0.05) is 41.5 Å². The van der Waals surface area contributed by atoms with Gasteiger partial charge in [0.1, 0.15) is 17.3 Å². The molecule has 0 saturated carbocycles. The molecule has 0 spiro atoms. The molecule has 0 saturated heterocycles.